The highest BCUT2D eigenvalue weighted by Gasteiger charge is 2.87. The van der Waals surface area contributed by atoms with E-state index in [2.05, 4.69) is 5.18 Å². The van der Waals surface area contributed by atoms with Crippen LogP contribution < -0.4 is 5.73 Å². The fourth-order valence-corrected chi connectivity index (χ4v) is 2.07. The lowest BCUT2D eigenvalue weighted by Crippen LogP contribution is -2.24. The van der Waals surface area contributed by atoms with Crippen LogP contribution in [0.2, 0.25) is 0 Å². The van der Waals surface area contributed by atoms with Gasteiger partial charge in [0.05, 0.1) is 0 Å². The molecule has 0 saturated heterocycles. The second kappa shape index (κ2) is 1.16. The first-order valence-corrected chi connectivity index (χ1v) is 3.61. The molecule has 0 unspecified atom stereocenters. The molecule has 3 heteroatoms. The average molecular weight is 140 g/mol. The van der Waals surface area contributed by atoms with E-state index in [0.717, 1.165) is 12.8 Å². The molecular formula is C7H12N2O. The molecule has 2 aliphatic carbocycles. The van der Waals surface area contributed by atoms with Crippen molar-refractivity contribution in [3.8, 4) is 0 Å². The van der Waals surface area contributed by atoms with Gasteiger partial charge in [0.2, 0.25) is 0 Å². The number of nitroso groups, excluding NO2 is 1. The Morgan fingerprint density at radius 2 is 1.90 bits per heavy atom. The van der Waals surface area contributed by atoms with Crippen molar-refractivity contribution < 1.29 is 0 Å². The average Bonchev–Trinajstić information content (AvgIpc) is 2.53. The van der Waals surface area contributed by atoms with Gasteiger partial charge in [-0.2, -0.15) is 4.91 Å². The van der Waals surface area contributed by atoms with Crippen LogP contribution >= 0.6 is 0 Å². The Labute approximate surface area is 60.0 Å². The normalized spacial score (nSPS) is 49.9. The molecule has 0 atom stereocenters. The van der Waals surface area contributed by atoms with Gasteiger partial charge in [-0.25, -0.2) is 0 Å². The van der Waals surface area contributed by atoms with E-state index in [1.807, 2.05) is 13.8 Å². The van der Waals surface area contributed by atoms with Gasteiger partial charge in [0.1, 0.15) is 5.54 Å². The maximum absolute atomic E-state index is 10.4. The largest absolute Gasteiger partial charge is 0.324 e. The zero-order valence-corrected chi connectivity index (χ0v) is 6.35. The van der Waals surface area contributed by atoms with E-state index in [1.165, 1.54) is 0 Å². The number of nitrogens with two attached hydrogens (primary N) is 1. The molecule has 0 radical (unpaired) electrons. The van der Waals surface area contributed by atoms with Crippen molar-refractivity contribution in [2.75, 3.05) is 0 Å². The monoisotopic (exact) mass is 140 g/mol. The van der Waals surface area contributed by atoms with Crippen molar-refractivity contribution in [3.63, 3.8) is 0 Å². The summed E-state index contributed by atoms with van der Waals surface area (Å²) in [5, 5.41) is 3.11. The van der Waals surface area contributed by atoms with E-state index < -0.39 is 5.54 Å². The second-order valence-corrected chi connectivity index (χ2v) is 4.24. The van der Waals surface area contributed by atoms with E-state index in [4.69, 9.17) is 5.73 Å². The topological polar surface area (TPSA) is 55.5 Å². The lowest BCUT2D eigenvalue weighted by Gasteiger charge is -2.17. The fourth-order valence-electron chi connectivity index (χ4n) is 2.07. The molecule has 0 aliphatic heterocycles. The summed E-state index contributed by atoms with van der Waals surface area (Å²) in [6, 6.07) is 0. The summed E-state index contributed by atoms with van der Waals surface area (Å²) in [5.41, 5.74) is 5.51. The van der Waals surface area contributed by atoms with Gasteiger partial charge in [0.25, 0.3) is 0 Å². The molecule has 0 spiro atoms. The summed E-state index contributed by atoms with van der Waals surface area (Å²) in [5.74, 6) is 0. The molecule has 56 valence electrons. The van der Waals surface area contributed by atoms with Crippen molar-refractivity contribution in [1.29, 1.82) is 0 Å². The Morgan fingerprint density at radius 3 is 2.00 bits per heavy atom. The lowest BCUT2D eigenvalue weighted by molar-refractivity contribution is 0.372. The maximum Gasteiger partial charge on any atom is 0.104 e. The number of hydrogen-bond acceptors (Lipinski definition) is 3. The van der Waals surface area contributed by atoms with Gasteiger partial charge in [-0.1, -0.05) is 5.18 Å². The highest BCUT2D eigenvalue weighted by Crippen LogP contribution is 2.82. The summed E-state index contributed by atoms with van der Waals surface area (Å²) in [7, 11) is 0. The van der Waals surface area contributed by atoms with Crippen molar-refractivity contribution in [2.45, 2.75) is 37.8 Å². The van der Waals surface area contributed by atoms with E-state index >= 15 is 0 Å². The standard InChI is InChI=1S/C7H12N2O/c1-5(2,9-10)6-3-7(6,8)4-6/h3-4,8H2,1-2H3. The van der Waals surface area contributed by atoms with Gasteiger partial charge < -0.3 is 5.73 Å². The smallest absolute Gasteiger partial charge is 0.104 e. The summed E-state index contributed by atoms with van der Waals surface area (Å²) >= 11 is 0. The molecular weight excluding hydrogens is 128 g/mol. The molecule has 0 heterocycles. The molecule has 2 aliphatic rings. The first-order valence-electron chi connectivity index (χ1n) is 3.61. The van der Waals surface area contributed by atoms with E-state index in [0.29, 0.717) is 0 Å². The molecule has 0 amide bonds. The molecule has 2 saturated carbocycles. The van der Waals surface area contributed by atoms with Crippen molar-refractivity contribution >= 4 is 0 Å². The summed E-state index contributed by atoms with van der Waals surface area (Å²) in [6.45, 7) is 3.75. The van der Waals surface area contributed by atoms with E-state index in [-0.39, 0.29) is 11.0 Å². The minimum atomic E-state index is -0.429. The zero-order chi connectivity index (χ0) is 7.62. The Morgan fingerprint density at radius 1 is 1.50 bits per heavy atom. The summed E-state index contributed by atoms with van der Waals surface area (Å²) in [4.78, 5) is 10.4. The predicted octanol–water partition coefficient (Wildman–Crippen LogP) is 1.02. The summed E-state index contributed by atoms with van der Waals surface area (Å²) in [6.07, 6.45) is 2.00. The van der Waals surface area contributed by atoms with E-state index in [1.54, 1.807) is 0 Å². The molecule has 0 bridgehead atoms. The van der Waals surface area contributed by atoms with Crippen LogP contribution in [-0.2, 0) is 0 Å². The molecule has 3 nitrogen and oxygen atoms in total. The van der Waals surface area contributed by atoms with E-state index in [9.17, 15) is 4.91 Å². The van der Waals surface area contributed by atoms with Crippen LogP contribution in [0, 0.1) is 10.3 Å². The first-order chi connectivity index (χ1) is 4.47. The highest BCUT2D eigenvalue weighted by molar-refractivity contribution is 5.42. The lowest BCUT2D eigenvalue weighted by atomic mass is 9.92. The maximum atomic E-state index is 10.4. The molecule has 2 rings (SSSR count). The van der Waals surface area contributed by atoms with Crippen LogP contribution in [0.3, 0.4) is 0 Å². The van der Waals surface area contributed by atoms with Gasteiger partial charge in [-0.3, -0.25) is 0 Å². The number of fused-ring (bicyclic) bond motifs is 1. The molecule has 2 fully saturated rings. The highest BCUT2D eigenvalue weighted by atomic mass is 16.3. The Kier molecular flexibility index (Phi) is 0.727. The molecule has 2 N–H and O–H groups in total. The molecule has 0 aromatic carbocycles. The Balaban J connectivity index is 2.23. The number of rotatable bonds is 2. The minimum absolute atomic E-state index is 0.00438. The van der Waals surface area contributed by atoms with Gasteiger partial charge in [0, 0.05) is 11.0 Å². The molecule has 0 aromatic heterocycles. The van der Waals surface area contributed by atoms with Crippen molar-refractivity contribution in [2.24, 2.45) is 16.3 Å². The summed E-state index contributed by atoms with van der Waals surface area (Å²) < 4.78 is 0. The zero-order valence-electron chi connectivity index (χ0n) is 6.35. The fraction of sp³-hybridized carbons (Fsp3) is 1.00. The van der Waals surface area contributed by atoms with Crippen LogP contribution in [0.4, 0.5) is 0 Å². The number of hydrogen-bond donors (Lipinski definition) is 1. The van der Waals surface area contributed by atoms with Gasteiger partial charge in [-0.05, 0) is 26.7 Å². The SMILES string of the molecule is CC(C)(N=O)C12CC1(N)C2. The first kappa shape index (κ1) is 6.28. The van der Waals surface area contributed by atoms with Crippen LogP contribution in [0.5, 0.6) is 0 Å². The Hall–Kier alpha value is -0.440. The van der Waals surface area contributed by atoms with Gasteiger partial charge in [-0.15, -0.1) is 0 Å². The third kappa shape index (κ3) is 0.399. The van der Waals surface area contributed by atoms with Gasteiger partial charge >= 0.3 is 0 Å². The van der Waals surface area contributed by atoms with Crippen molar-refractivity contribution in [3.05, 3.63) is 4.91 Å². The van der Waals surface area contributed by atoms with Crippen LogP contribution in [0.1, 0.15) is 26.7 Å². The van der Waals surface area contributed by atoms with Crippen molar-refractivity contribution in [1.82, 2.24) is 0 Å². The molecule has 10 heavy (non-hydrogen) atoms. The van der Waals surface area contributed by atoms with Crippen LogP contribution in [0.25, 0.3) is 0 Å². The molecule has 0 aromatic rings. The quantitative estimate of drug-likeness (QED) is 0.582. The van der Waals surface area contributed by atoms with Crippen LogP contribution in [0.15, 0.2) is 5.18 Å². The Bertz CT molecular complexity index is 204. The number of nitrogens with zero attached hydrogens (tertiary/aromatic N) is 1. The predicted molar refractivity (Wildman–Crippen MR) is 38.5 cm³/mol. The third-order valence-electron chi connectivity index (χ3n) is 3.34. The van der Waals surface area contributed by atoms with Gasteiger partial charge in [0.15, 0.2) is 0 Å². The third-order valence-corrected chi connectivity index (χ3v) is 3.34. The van der Waals surface area contributed by atoms with Crippen LogP contribution in [-0.4, -0.2) is 11.1 Å². The minimum Gasteiger partial charge on any atom is -0.324 e. The second-order valence-electron chi connectivity index (χ2n) is 4.24.